The predicted molar refractivity (Wildman–Crippen MR) is 114 cm³/mol. The topological polar surface area (TPSA) is 49.2 Å². The van der Waals surface area contributed by atoms with Gasteiger partial charge in [-0.3, -0.25) is 4.98 Å². The Bertz CT molecular complexity index is 983. The predicted octanol–water partition coefficient (Wildman–Crippen LogP) is 3.10. The fourth-order valence-corrected chi connectivity index (χ4v) is 4.13. The van der Waals surface area contributed by atoms with E-state index in [-0.39, 0.29) is 0 Å². The Labute approximate surface area is 165 Å². The lowest BCUT2D eigenvalue weighted by atomic mass is 10.1. The van der Waals surface area contributed by atoms with Crippen molar-refractivity contribution in [3.8, 4) is 22.6 Å². The average Bonchev–Trinajstić information content (AvgIpc) is 3.30. The molecule has 6 nitrogen and oxygen atoms in total. The first-order chi connectivity index (χ1) is 13.7. The fraction of sp³-hybridized carbons (Fsp3) is 0.364. The van der Waals surface area contributed by atoms with Crippen LogP contribution in [0.3, 0.4) is 0 Å². The van der Waals surface area contributed by atoms with Gasteiger partial charge in [0.25, 0.3) is 0 Å². The van der Waals surface area contributed by atoms with Crippen molar-refractivity contribution in [3.63, 3.8) is 0 Å². The molecule has 5 rings (SSSR count). The zero-order valence-electron chi connectivity index (χ0n) is 16.5. The summed E-state index contributed by atoms with van der Waals surface area (Å²) >= 11 is 0. The van der Waals surface area contributed by atoms with E-state index in [2.05, 4.69) is 57.1 Å². The number of anilines is 2. The Morgan fingerprint density at radius 3 is 2.43 bits per heavy atom. The maximum atomic E-state index is 4.87. The largest absolute Gasteiger partial charge is 0.369 e. The number of nitrogens with one attached hydrogen (secondary N) is 1. The molecule has 1 aromatic carbocycles. The summed E-state index contributed by atoms with van der Waals surface area (Å²) in [6, 6.07) is 15.1. The van der Waals surface area contributed by atoms with Crippen LogP contribution < -0.4 is 10.2 Å². The highest BCUT2D eigenvalue weighted by molar-refractivity contribution is 5.80. The minimum Gasteiger partial charge on any atom is -0.369 e. The van der Waals surface area contributed by atoms with Crippen LogP contribution >= 0.6 is 0 Å². The third-order valence-electron chi connectivity index (χ3n) is 5.73. The molecule has 6 heteroatoms. The molecule has 1 fully saturated rings. The van der Waals surface area contributed by atoms with Gasteiger partial charge in [0, 0.05) is 56.2 Å². The summed E-state index contributed by atoms with van der Waals surface area (Å²) in [5.41, 5.74) is 6.54. The van der Waals surface area contributed by atoms with Gasteiger partial charge in [0.1, 0.15) is 5.69 Å². The van der Waals surface area contributed by atoms with E-state index < -0.39 is 0 Å². The first-order valence-electron chi connectivity index (χ1n) is 10.0. The molecule has 2 aromatic heterocycles. The molecule has 0 aliphatic carbocycles. The maximum absolute atomic E-state index is 4.87. The summed E-state index contributed by atoms with van der Waals surface area (Å²) in [7, 11) is 2.19. The number of aromatic nitrogens is 3. The average molecular weight is 374 g/mol. The number of aryl methyl sites for hydroxylation is 1. The molecule has 0 unspecified atom stereocenters. The van der Waals surface area contributed by atoms with Gasteiger partial charge in [-0.1, -0.05) is 18.2 Å². The number of likely N-dealkylation sites (N-methyl/N-ethyl adjacent to an activating group) is 1. The van der Waals surface area contributed by atoms with Gasteiger partial charge in [0.05, 0.1) is 11.4 Å². The Kier molecular flexibility index (Phi) is 4.28. The van der Waals surface area contributed by atoms with Gasteiger partial charge in [0.2, 0.25) is 5.95 Å². The van der Waals surface area contributed by atoms with Crippen molar-refractivity contribution in [2.75, 3.05) is 50.0 Å². The lowest BCUT2D eigenvalue weighted by Crippen LogP contribution is -2.44. The van der Waals surface area contributed by atoms with E-state index in [1.54, 1.807) is 0 Å². The summed E-state index contributed by atoms with van der Waals surface area (Å²) in [6.45, 7) is 8.29. The first-order valence-corrected chi connectivity index (χ1v) is 10.0. The van der Waals surface area contributed by atoms with Crippen LogP contribution in [0.15, 0.2) is 42.5 Å². The highest BCUT2D eigenvalue weighted by atomic mass is 15.3. The summed E-state index contributed by atoms with van der Waals surface area (Å²) in [6.07, 6.45) is 0. The standard InChI is InChI=1S/C22H26N6/c1-16-4-3-5-19(24-16)20-21(28-11-10-23-22(28)25-20)17-6-8-18(9-7-17)27-14-12-26(2)13-15-27/h3-9H,10-15H2,1-2H3,(H,23,25). The molecule has 3 aromatic rings. The summed E-state index contributed by atoms with van der Waals surface area (Å²) in [4.78, 5) is 14.4. The molecule has 144 valence electrons. The molecular formula is C22H26N6. The molecular weight excluding hydrogens is 348 g/mol. The fourth-order valence-electron chi connectivity index (χ4n) is 4.13. The second kappa shape index (κ2) is 6.95. The van der Waals surface area contributed by atoms with E-state index in [9.17, 15) is 0 Å². The molecule has 2 aliphatic heterocycles. The zero-order valence-corrected chi connectivity index (χ0v) is 16.5. The second-order valence-electron chi connectivity index (χ2n) is 7.71. The number of rotatable bonds is 3. The molecule has 0 saturated carbocycles. The molecule has 0 atom stereocenters. The maximum Gasteiger partial charge on any atom is 0.204 e. The normalized spacial score (nSPS) is 16.9. The van der Waals surface area contributed by atoms with Crippen molar-refractivity contribution in [2.45, 2.75) is 13.5 Å². The summed E-state index contributed by atoms with van der Waals surface area (Å²) in [5, 5.41) is 3.39. The Morgan fingerprint density at radius 1 is 0.893 bits per heavy atom. The van der Waals surface area contributed by atoms with E-state index in [0.717, 1.165) is 68.0 Å². The quantitative estimate of drug-likeness (QED) is 0.763. The van der Waals surface area contributed by atoms with Crippen molar-refractivity contribution in [2.24, 2.45) is 0 Å². The molecule has 0 bridgehead atoms. The third-order valence-corrected chi connectivity index (χ3v) is 5.73. The highest BCUT2D eigenvalue weighted by Gasteiger charge is 2.24. The Hall–Kier alpha value is -2.86. The van der Waals surface area contributed by atoms with E-state index in [0.29, 0.717) is 0 Å². The number of fused-ring (bicyclic) bond motifs is 1. The zero-order chi connectivity index (χ0) is 19.1. The van der Waals surface area contributed by atoms with Gasteiger partial charge in [0.15, 0.2) is 0 Å². The van der Waals surface area contributed by atoms with E-state index in [1.165, 1.54) is 11.3 Å². The number of imidazole rings is 1. The lowest BCUT2D eigenvalue weighted by molar-refractivity contribution is 0.313. The molecule has 1 saturated heterocycles. The van der Waals surface area contributed by atoms with Crippen LogP contribution in [0.2, 0.25) is 0 Å². The van der Waals surface area contributed by atoms with Crippen molar-refractivity contribution in [1.29, 1.82) is 0 Å². The van der Waals surface area contributed by atoms with Gasteiger partial charge in [-0.05, 0) is 38.2 Å². The van der Waals surface area contributed by atoms with Gasteiger partial charge < -0.3 is 19.7 Å². The van der Waals surface area contributed by atoms with Crippen LogP contribution in [0.5, 0.6) is 0 Å². The van der Waals surface area contributed by atoms with E-state index in [1.807, 2.05) is 19.1 Å². The summed E-state index contributed by atoms with van der Waals surface area (Å²) < 4.78 is 2.28. The number of hydrogen-bond donors (Lipinski definition) is 1. The number of piperazine rings is 1. The van der Waals surface area contributed by atoms with Crippen LogP contribution in [0.4, 0.5) is 11.6 Å². The lowest BCUT2D eigenvalue weighted by Gasteiger charge is -2.34. The molecule has 1 N–H and O–H groups in total. The smallest absolute Gasteiger partial charge is 0.204 e. The number of benzene rings is 1. The van der Waals surface area contributed by atoms with Crippen LogP contribution in [0.25, 0.3) is 22.6 Å². The highest BCUT2D eigenvalue weighted by Crippen LogP contribution is 2.36. The molecule has 4 heterocycles. The van der Waals surface area contributed by atoms with Gasteiger partial charge in [-0.2, -0.15) is 0 Å². The van der Waals surface area contributed by atoms with E-state index >= 15 is 0 Å². The molecule has 0 radical (unpaired) electrons. The molecule has 2 aliphatic rings. The van der Waals surface area contributed by atoms with Crippen LogP contribution in [0, 0.1) is 6.92 Å². The van der Waals surface area contributed by atoms with Crippen LogP contribution in [-0.4, -0.2) is 59.2 Å². The van der Waals surface area contributed by atoms with Crippen molar-refractivity contribution in [1.82, 2.24) is 19.4 Å². The molecule has 0 amide bonds. The first kappa shape index (κ1) is 17.3. The van der Waals surface area contributed by atoms with Crippen LogP contribution in [-0.2, 0) is 6.54 Å². The van der Waals surface area contributed by atoms with Crippen LogP contribution in [0.1, 0.15) is 5.69 Å². The minimum atomic E-state index is 0.927. The Morgan fingerprint density at radius 2 is 1.68 bits per heavy atom. The van der Waals surface area contributed by atoms with Crippen molar-refractivity contribution in [3.05, 3.63) is 48.2 Å². The number of pyridine rings is 1. The van der Waals surface area contributed by atoms with Crippen molar-refractivity contribution >= 4 is 11.6 Å². The van der Waals surface area contributed by atoms with Gasteiger partial charge in [-0.25, -0.2) is 4.98 Å². The van der Waals surface area contributed by atoms with Gasteiger partial charge >= 0.3 is 0 Å². The number of nitrogens with zero attached hydrogens (tertiary/aromatic N) is 5. The second-order valence-corrected chi connectivity index (χ2v) is 7.71. The van der Waals surface area contributed by atoms with Gasteiger partial charge in [-0.15, -0.1) is 0 Å². The molecule has 0 spiro atoms. The van der Waals surface area contributed by atoms with E-state index in [4.69, 9.17) is 9.97 Å². The van der Waals surface area contributed by atoms with Crippen molar-refractivity contribution < 1.29 is 0 Å². The molecule has 28 heavy (non-hydrogen) atoms. The monoisotopic (exact) mass is 374 g/mol. The summed E-state index contributed by atoms with van der Waals surface area (Å²) in [5.74, 6) is 0.941. The third kappa shape index (κ3) is 3.03. The minimum absolute atomic E-state index is 0.927. The SMILES string of the molecule is Cc1cccc(-c2nc3n(c2-c2ccc(N4CCN(C)CC4)cc2)CCN3)n1. The number of hydrogen-bond acceptors (Lipinski definition) is 5. The Balaban J connectivity index is 1.52.